The number of halogens is 1. The van der Waals surface area contributed by atoms with Gasteiger partial charge in [0, 0.05) is 36.1 Å². The second kappa shape index (κ2) is 7.22. The number of imidazole rings is 2. The highest BCUT2D eigenvalue weighted by molar-refractivity contribution is 6.30. The van der Waals surface area contributed by atoms with Crippen LogP contribution in [0, 0.1) is 0 Å². The number of unbranched alkanes of at least 4 members (excludes halogenated alkanes) is 1. The Balaban J connectivity index is 1.63. The zero-order valence-corrected chi connectivity index (χ0v) is 17.1. The number of fused-ring (bicyclic) bond motifs is 2. The summed E-state index contributed by atoms with van der Waals surface area (Å²) in [7, 11) is 0. The van der Waals surface area contributed by atoms with Gasteiger partial charge in [-0.05, 0) is 31.4 Å². The molecule has 150 valence electrons. The molecule has 1 fully saturated rings. The van der Waals surface area contributed by atoms with Gasteiger partial charge in [0.25, 0.3) is 0 Å². The fourth-order valence-electron chi connectivity index (χ4n) is 3.86. The number of rotatable bonds is 7. The smallest absolute Gasteiger partial charge is 0.329 e. The monoisotopic (exact) mass is 410 g/mol. The molecule has 0 spiro atoms. The van der Waals surface area contributed by atoms with E-state index in [9.17, 15) is 4.79 Å². The van der Waals surface area contributed by atoms with E-state index in [2.05, 4.69) is 17.2 Å². The lowest BCUT2D eigenvalue weighted by Gasteiger charge is -2.09. The Hall–Kier alpha value is -2.80. The van der Waals surface area contributed by atoms with Crippen molar-refractivity contribution in [1.29, 1.82) is 0 Å². The van der Waals surface area contributed by atoms with Gasteiger partial charge in [0.15, 0.2) is 0 Å². The first kappa shape index (κ1) is 18.2. The Morgan fingerprint density at radius 2 is 2.14 bits per heavy atom. The topological polar surface area (TPSA) is 69.2 Å². The van der Waals surface area contributed by atoms with Crippen LogP contribution in [0.2, 0.25) is 5.02 Å². The average Bonchev–Trinajstić information content (AvgIpc) is 3.44. The number of nitrogens with zero attached hydrogens (tertiary/aromatic N) is 5. The Morgan fingerprint density at radius 1 is 1.28 bits per heavy atom. The van der Waals surface area contributed by atoms with E-state index in [1.54, 1.807) is 17.0 Å². The van der Waals surface area contributed by atoms with Crippen LogP contribution in [0.25, 0.3) is 16.7 Å². The van der Waals surface area contributed by atoms with Gasteiger partial charge in [-0.1, -0.05) is 24.9 Å². The van der Waals surface area contributed by atoms with Crippen LogP contribution < -0.4 is 11.0 Å². The first-order valence-corrected chi connectivity index (χ1v) is 10.5. The van der Waals surface area contributed by atoms with Gasteiger partial charge >= 0.3 is 5.69 Å². The van der Waals surface area contributed by atoms with E-state index in [0.717, 1.165) is 60.4 Å². The molecule has 0 aliphatic heterocycles. The SMILES string of the molecule is CCCCNc1c(Cn2c(=O)n(C3CC3)c3ccncc32)nc2cc(Cl)ccn12. The van der Waals surface area contributed by atoms with Gasteiger partial charge in [0.05, 0.1) is 23.8 Å². The van der Waals surface area contributed by atoms with Crippen molar-refractivity contribution >= 4 is 34.1 Å². The molecule has 5 rings (SSSR count). The minimum Gasteiger partial charge on any atom is -0.370 e. The first-order chi connectivity index (χ1) is 14.2. The maximum absolute atomic E-state index is 13.2. The van der Waals surface area contributed by atoms with Crippen molar-refractivity contribution in [3.05, 3.63) is 58.0 Å². The Morgan fingerprint density at radius 3 is 2.93 bits per heavy atom. The molecule has 0 radical (unpaired) electrons. The zero-order chi connectivity index (χ0) is 20.0. The molecule has 1 saturated carbocycles. The molecule has 4 aromatic rings. The van der Waals surface area contributed by atoms with Crippen molar-refractivity contribution in [1.82, 2.24) is 23.5 Å². The highest BCUT2D eigenvalue weighted by Crippen LogP contribution is 2.36. The fraction of sp³-hybridized carbons (Fsp3) is 0.381. The highest BCUT2D eigenvalue weighted by atomic mass is 35.5. The van der Waals surface area contributed by atoms with E-state index in [1.165, 1.54) is 0 Å². The van der Waals surface area contributed by atoms with Crippen LogP contribution in [-0.4, -0.2) is 30.0 Å². The summed E-state index contributed by atoms with van der Waals surface area (Å²) < 4.78 is 5.70. The third-order valence-electron chi connectivity index (χ3n) is 5.47. The van der Waals surface area contributed by atoms with Crippen molar-refractivity contribution < 1.29 is 0 Å². The summed E-state index contributed by atoms with van der Waals surface area (Å²) in [5.41, 5.74) is 3.39. The van der Waals surface area contributed by atoms with Gasteiger partial charge in [0.2, 0.25) is 0 Å². The van der Waals surface area contributed by atoms with Crippen LogP contribution in [0.1, 0.15) is 44.3 Å². The molecule has 0 bridgehead atoms. The fourth-order valence-corrected chi connectivity index (χ4v) is 4.02. The lowest BCUT2D eigenvalue weighted by Crippen LogP contribution is -2.24. The van der Waals surface area contributed by atoms with E-state index in [-0.39, 0.29) is 5.69 Å². The van der Waals surface area contributed by atoms with E-state index in [1.807, 2.05) is 33.4 Å². The molecule has 4 heterocycles. The molecule has 1 aliphatic carbocycles. The predicted octanol–water partition coefficient (Wildman–Crippen LogP) is 4.09. The minimum atomic E-state index is 0.00472. The number of aromatic nitrogens is 5. The number of hydrogen-bond acceptors (Lipinski definition) is 4. The minimum absolute atomic E-state index is 0.00472. The maximum atomic E-state index is 13.2. The molecule has 0 amide bonds. The Kier molecular flexibility index (Phi) is 4.54. The zero-order valence-electron chi connectivity index (χ0n) is 16.3. The average molecular weight is 411 g/mol. The van der Waals surface area contributed by atoms with Gasteiger partial charge in [-0.25, -0.2) is 9.78 Å². The van der Waals surface area contributed by atoms with Crippen molar-refractivity contribution in [2.75, 3.05) is 11.9 Å². The van der Waals surface area contributed by atoms with Crippen LogP contribution in [0.15, 0.2) is 41.6 Å². The molecule has 7 nitrogen and oxygen atoms in total. The standard InChI is InChI=1S/C21H23ClN6O/c1-2-3-8-24-20-16(25-19-11-14(22)7-10-26(19)20)13-27-18-12-23-9-6-17(18)28(21(27)29)15-4-5-15/h6-7,9-12,15,24H,2-5,8,13H2,1H3. The number of pyridine rings is 2. The van der Waals surface area contributed by atoms with Gasteiger partial charge in [0.1, 0.15) is 17.2 Å². The lowest BCUT2D eigenvalue weighted by molar-refractivity contribution is 0.668. The predicted molar refractivity (Wildman–Crippen MR) is 115 cm³/mol. The van der Waals surface area contributed by atoms with E-state index < -0.39 is 0 Å². The molecule has 0 atom stereocenters. The molecular formula is C21H23ClN6O. The normalized spacial score (nSPS) is 14.1. The third kappa shape index (κ3) is 3.19. The maximum Gasteiger partial charge on any atom is 0.329 e. The van der Waals surface area contributed by atoms with Crippen molar-refractivity contribution in [2.24, 2.45) is 0 Å². The second-order valence-corrected chi connectivity index (χ2v) is 8.03. The lowest BCUT2D eigenvalue weighted by atomic mass is 10.3. The van der Waals surface area contributed by atoms with Gasteiger partial charge in [-0.3, -0.25) is 18.5 Å². The van der Waals surface area contributed by atoms with E-state index in [0.29, 0.717) is 17.6 Å². The first-order valence-electron chi connectivity index (χ1n) is 10.1. The van der Waals surface area contributed by atoms with Crippen LogP contribution in [0.4, 0.5) is 5.82 Å². The highest BCUT2D eigenvalue weighted by Gasteiger charge is 2.29. The molecule has 1 N–H and O–H groups in total. The largest absolute Gasteiger partial charge is 0.370 e. The summed E-state index contributed by atoms with van der Waals surface area (Å²) in [6.45, 7) is 3.39. The molecule has 0 unspecified atom stereocenters. The third-order valence-corrected chi connectivity index (χ3v) is 5.70. The molecule has 8 heteroatoms. The Labute approximate surface area is 173 Å². The van der Waals surface area contributed by atoms with Gasteiger partial charge < -0.3 is 5.32 Å². The molecule has 0 aromatic carbocycles. The van der Waals surface area contributed by atoms with Crippen molar-refractivity contribution in [2.45, 2.75) is 45.2 Å². The van der Waals surface area contributed by atoms with Crippen molar-refractivity contribution in [3.63, 3.8) is 0 Å². The van der Waals surface area contributed by atoms with Gasteiger partial charge in [-0.15, -0.1) is 0 Å². The quantitative estimate of drug-likeness (QED) is 0.466. The summed E-state index contributed by atoms with van der Waals surface area (Å²) >= 11 is 6.18. The summed E-state index contributed by atoms with van der Waals surface area (Å²) in [6, 6.07) is 5.92. The number of nitrogens with one attached hydrogen (secondary N) is 1. The summed E-state index contributed by atoms with van der Waals surface area (Å²) in [5.74, 6) is 0.910. The summed E-state index contributed by atoms with van der Waals surface area (Å²) in [5, 5.41) is 4.15. The second-order valence-electron chi connectivity index (χ2n) is 7.59. The van der Waals surface area contributed by atoms with Crippen LogP contribution >= 0.6 is 11.6 Å². The number of hydrogen-bond donors (Lipinski definition) is 1. The molecule has 4 aromatic heterocycles. The molecule has 0 saturated heterocycles. The molecule has 1 aliphatic rings. The van der Waals surface area contributed by atoms with Crippen LogP contribution in [0.3, 0.4) is 0 Å². The van der Waals surface area contributed by atoms with Crippen molar-refractivity contribution in [3.8, 4) is 0 Å². The summed E-state index contributed by atoms with van der Waals surface area (Å²) in [6.07, 6.45) is 9.70. The molecular weight excluding hydrogens is 388 g/mol. The van der Waals surface area contributed by atoms with Crippen LogP contribution in [-0.2, 0) is 6.54 Å². The van der Waals surface area contributed by atoms with E-state index in [4.69, 9.17) is 16.6 Å². The van der Waals surface area contributed by atoms with Crippen LogP contribution in [0.5, 0.6) is 0 Å². The molecule has 29 heavy (non-hydrogen) atoms. The van der Waals surface area contributed by atoms with Gasteiger partial charge in [-0.2, -0.15) is 0 Å². The summed E-state index contributed by atoms with van der Waals surface area (Å²) in [4.78, 5) is 22.3. The van der Waals surface area contributed by atoms with E-state index >= 15 is 0 Å². The number of anilines is 1. The Bertz CT molecular complexity index is 1250.